The van der Waals surface area contributed by atoms with E-state index in [0.717, 1.165) is 5.56 Å². The van der Waals surface area contributed by atoms with Crippen molar-refractivity contribution in [1.29, 1.82) is 0 Å². The molecule has 1 aromatic carbocycles. The molecule has 0 amide bonds. The van der Waals surface area contributed by atoms with E-state index in [9.17, 15) is 14.7 Å². The van der Waals surface area contributed by atoms with Crippen LogP contribution in [0.2, 0.25) is 0 Å². The zero-order chi connectivity index (χ0) is 14.3. The van der Waals surface area contributed by atoms with Gasteiger partial charge in [-0.25, -0.2) is 0 Å². The number of benzene rings is 1. The number of carbonyl (C=O) groups is 2. The van der Waals surface area contributed by atoms with Gasteiger partial charge < -0.3 is 14.5 Å². The maximum absolute atomic E-state index is 12.6. The van der Waals surface area contributed by atoms with Gasteiger partial charge in [0.25, 0.3) is 0 Å². The standard InChI is InChI=1S/C16H15NO3.K/c1-10-4-2-3-5-11(10)15(18)14-7-6-13-12(16(19)20)8-9-17(13)14;/h2-7,12H,8-9H2,1H3,(H,19,20);/q;+1/p-1. The van der Waals surface area contributed by atoms with E-state index in [2.05, 4.69) is 0 Å². The smallest absolute Gasteiger partial charge is 0.549 e. The van der Waals surface area contributed by atoms with Crippen LogP contribution < -0.4 is 56.5 Å². The molecule has 1 unspecified atom stereocenters. The summed E-state index contributed by atoms with van der Waals surface area (Å²) in [6.45, 7) is 2.44. The summed E-state index contributed by atoms with van der Waals surface area (Å²) in [5.41, 5.74) is 2.80. The van der Waals surface area contributed by atoms with Crippen molar-refractivity contribution >= 4 is 11.8 Å². The first-order valence-electron chi connectivity index (χ1n) is 6.60. The van der Waals surface area contributed by atoms with Crippen molar-refractivity contribution in [3.8, 4) is 0 Å². The van der Waals surface area contributed by atoms with Gasteiger partial charge in [0.15, 0.2) is 0 Å². The van der Waals surface area contributed by atoms with Gasteiger partial charge in [0.1, 0.15) is 0 Å². The van der Waals surface area contributed by atoms with Crippen LogP contribution in [0.15, 0.2) is 36.4 Å². The molecule has 3 rings (SSSR count). The number of nitrogens with zero attached hydrogens (tertiary/aromatic N) is 1. The Kier molecular flexibility index (Phi) is 5.22. The summed E-state index contributed by atoms with van der Waals surface area (Å²) in [6.07, 6.45) is 0.493. The fourth-order valence-electron chi connectivity index (χ4n) is 2.85. The number of hydrogen-bond acceptors (Lipinski definition) is 3. The number of carboxylic acid groups (broad SMARTS) is 1. The number of hydrogen-bond donors (Lipinski definition) is 0. The third-order valence-corrected chi connectivity index (χ3v) is 3.92. The zero-order valence-electron chi connectivity index (χ0n) is 12.1. The van der Waals surface area contributed by atoms with Crippen molar-refractivity contribution in [1.82, 2.24) is 4.57 Å². The van der Waals surface area contributed by atoms with E-state index >= 15 is 0 Å². The van der Waals surface area contributed by atoms with E-state index in [0.29, 0.717) is 29.9 Å². The Morgan fingerprint density at radius 3 is 2.57 bits per heavy atom. The summed E-state index contributed by atoms with van der Waals surface area (Å²) in [6, 6.07) is 10.8. The molecular weight excluding hydrogens is 293 g/mol. The van der Waals surface area contributed by atoms with E-state index in [1.165, 1.54) is 0 Å². The summed E-state index contributed by atoms with van der Waals surface area (Å²) in [4.78, 5) is 23.6. The fourth-order valence-corrected chi connectivity index (χ4v) is 2.85. The van der Waals surface area contributed by atoms with Gasteiger partial charge in [-0.2, -0.15) is 0 Å². The molecule has 2 aromatic rings. The molecule has 5 heteroatoms. The maximum atomic E-state index is 12.6. The Morgan fingerprint density at radius 1 is 1.19 bits per heavy atom. The number of carbonyl (C=O) groups excluding carboxylic acids is 2. The SMILES string of the molecule is Cc1ccccc1C(=O)c1ccc2n1CCC2C(=O)[O-].[K+]. The Morgan fingerprint density at radius 2 is 1.90 bits per heavy atom. The number of aryl methyl sites for hydroxylation is 1. The van der Waals surface area contributed by atoms with Crippen LogP contribution in [0, 0.1) is 6.92 Å². The van der Waals surface area contributed by atoms with Crippen LogP contribution in [-0.4, -0.2) is 16.3 Å². The number of carboxylic acids is 1. The van der Waals surface area contributed by atoms with Crippen LogP contribution >= 0.6 is 0 Å². The van der Waals surface area contributed by atoms with Gasteiger partial charge in [0, 0.05) is 23.7 Å². The summed E-state index contributed by atoms with van der Waals surface area (Å²) >= 11 is 0. The van der Waals surface area contributed by atoms with E-state index in [1.54, 1.807) is 22.8 Å². The first kappa shape index (κ1) is 16.6. The molecule has 21 heavy (non-hydrogen) atoms. The van der Waals surface area contributed by atoms with Gasteiger partial charge in [0.2, 0.25) is 5.78 Å². The number of aromatic nitrogens is 1. The van der Waals surface area contributed by atoms with Crippen molar-refractivity contribution in [3.05, 3.63) is 58.9 Å². The Hall–Kier alpha value is -0.724. The second-order valence-corrected chi connectivity index (χ2v) is 5.10. The first-order chi connectivity index (χ1) is 9.59. The Labute approximate surface area is 165 Å². The van der Waals surface area contributed by atoms with Crippen molar-refractivity contribution in [2.45, 2.75) is 25.8 Å². The average molecular weight is 307 g/mol. The molecule has 1 aromatic heterocycles. The summed E-state index contributed by atoms with van der Waals surface area (Å²) in [5.74, 6) is -1.74. The van der Waals surface area contributed by atoms with Crippen molar-refractivity contribution < 1.29 is 66.1 Å². The molecule has 1 aliphatic heterocycles. The van der Waals surface area contributed by atoms with Crippen molar-refractivity contribution in [3.63, 3.8) is 0 Å². The predicted octanol–water partition coefficient (Wildman–Crippen LogP) is -1.73. The fraction of sp³-hybridized carbons (Fsp3) is 0.250. The Bertz CT molecular complexity index is 705. The topological polar surface area (TPSA) is 62.1 Å². The van der Waals surface area contributed by atoms with E-state index < -0.39 is 11.9 Å². The molecule has 1 aliphatic rings. The van der Waals surface area contributed by atoms with Crippen LogP contribution in [-0.2, 0) is 11.3 Å². The number of rotatable bonds is 3. The van der Waals surface area contributed by atoms with Crippen LogP contribution in [0.25, 0.3) is 0 Å². The van der Waals surface area contributed by atoms with Crippen molar-refractivity contribution in [2.24, 2.45) is 0 Å². The molecule has 0 N–H and O–H groups in total. The monoisotopic (exact) mass is 307 g/mol. The second kappa shape index (κ2) is 6.58. The van der Waals surface area contributed by atoms with Gasteiger partial charge in [0.05, 0.1) is 11.7 Å². The van der Waals surface area contributed by atoms with Gasteiger partial charge in [-0.1, -0.05) is 24.3 Å². The number of ketones is 1. The Balaban J connectivity index is 0.00000161. The average Bonchev–Trinajstić information content (AvgIpc) is 2.99. The molecule has 0 aliphatic carbocycles. The molecule has 0 spiro atoms. The molecule has 0 saturated carbocycles. The minimum Gasteiger partial charge on any atom is -0.549 e. The van der Waals surface area contributed by atoms with Crippen LogP contribution in [0.3, 0.4) is 0 Å². The zero-order valence-corrected chi connectivity index (χ0v) is 15.3. The van der Waals surface area contributed by atoms with Crippen LogP contribution in [0.1, 0.15) is 39.6 Å². The third-order valence-electron chi connectivity index (χ3n) is 3.92. The second-order valence-electron chi connectivity index (χ2n) is 5.10. The first-order valence-corrected chi connectivity index (χ1v) is 6.60. The molecule has 2 heterocycles. The summed E-state index contributed by atoms with van der Waals surface area (Å²) in [7, 11) is 0. The van der Waals surface area contributed by atoms with Gasteiger partial charge in [-0.15, -0.1) is 0 Å². The quantitative estimate of drug-likeness (QED) is 0.500. The normalized spacial score (nSPS) is 16.1. The molecule has 0 saturated heterocycles. The van der Waals surface area contributed by atoms with E-state index in [4.69, 9.17) is 0 Å². The van der Waals surface area contributed by atoms with E-state index in [-0.39, 0.29) is 57.2 Å². The third kappa shape index (κ3) is 2.93. The minimum atomic E-state index is -1.07. The van der Waals surface area contributed by atoms with Gasteiger partial charge in [-0.05, 0) is 31.0 Å². The van der Waals surface area contributed by atoms with Gasteiger partial charge in [-0.3, -0.25) is 4.79 Å². The summed E-state index contributed by atoms with van der Waals surface area (Å²) in [5, 5.41) is 11.1. The van der Waals surface area contributed by atoms with Crippen molar-refractivity contribution in [2.75, 3.05) is 0 Å². The van der Waals surface area contributed by atoms with Crippen LogP contribution in [0.5, 0.6) is 0 Å². The maximum Gasteiger partial charge on any atom is 1.00 e. The summed E-state index contributed by atoms with van der Waals surface area (Å²) < 4.78 is 1.80. The molecule has 4 nitrogen and oxygen atoms in total. The molecule has 0 radical (unpaired) electrons. The molecular formula is C16H14KNO3. The molecule has 0 bridgehead atoms. The van der Waals surface area contributed by atoms with Crippen LogP contribution in [0.4, 0.5) is 0 Å². The number of aliphatic carboxylic acids is 1. The van der Waals surface area contributed by atoms with E-state index in [1.807, 2.05) is 25.1 Å². The van der Waals surface area contributed by atoms with Gasteiger partial charge >= 0.3 is 51.4 Å². The largest absolute Gasteiger partial charge is 1.00 e. The number of fused-ring (bicyclic) bond motifs is 1. The molecule has 1 atom stereocenters. The molecule has 0 fully saturated rings. The predicted molar refractivity (Wildman–Crippen MR) is 71.4 cm³/mol. The minimum absolute atomic E-state index is 0. The molecule has 102 valence electrons.